The number of hydrogen-bond donors (Lipinski definition) is 0. The van der Waals surface area contributed by atoms with E-state index >= 15 is 0 Å². The number of carbonyl (C=O) groups is 1. The third kappa shape index (κ3) is 1.08. The van der Waals surface area contributed by atoms with Crippen molar-refractivity contribution in [2.24, 2.45) is 0 Å². The molecule has 2 heterocycles. The summed E-state index contributed by atoms with van der Waals surface area (Å²) >= 11 is 1.27. The molecular weight excluding hydrogens is 174 g/mol. The molecule has 0 aliphatic rings. The van der Waals surface area contributed by atoms with Crippen LogP contribution in [0.3, 0.4) is 0 Å². The molecule has 12 heavy (non-hydrogen) atoms. The van der Waals surface area contributed by atoms with E-state index in [-0.39, 0.29) is 5.78 Å². The Bertz CT molecular complexity index is 404. The normalized spacial score (nSPS) is 10.4. The fourth-order valence-corrected chi connectivity index (χ4v) is 1.59. The van der Waals surface area contributed by atoms with E-state index in [1.807, 2.05) is 0 Å². The van der Waals surface area contributed by atoms with Crippen molar-refractivity contribution in [1.82, 2.24) is 15.0 Å². The molecule has 0 N–H and O–H groups in total. The van der Waals surface area contributed by atoms with Gasteiger partial charge in [0.25, 0.3) is 0 Å². The molecule has 0 unspecified atom stereocenters. The standard InChI is InChI=1S/C7H5N3OS/c1-4(11)6-10-5-7(12-6)9-3-2-8-5/h2-3H,1H3. The first-order valence-electron chi connectivity index (χ1n) is 3.36. The van der Waals surface area contributed by atoms with Crippen LogP contribution in [0.4, 0.5) is 0 Å². The minimum atomic E-state index is -0.0419. The molecule has 0 radical (unpaired) electrons. The van der Waals surface area contributed by atoms with Crippen LogP contribution in [-0.4, -0.2) is 20.7 Å². The van der Waals surface area contributed by atoms with Crippen LogP contribution in [-0.2, 0) is 0 Å². The summed E-state index contributed by atoms with van der Waals surface area (Å²) in [6.07, 6.45) is 3.15. The molecule has 0 saturated heterocycles. The van der Waals surface area contributed by atoms with Crippen molar-refractivity contribution in [3.63, 3.8) is 0 Å². The fourth-order valence-electron chi connectivity index (χ4n) is 0.828. The van der Waals surface area contributed by atoms with Crippen molar-refractivity contribution in [2.45, 2.75) is 6.92 Å². The number of Topliss-reactive ketones (excluding diaryl/α,β-unsaturated/α-hetero) is 1. The van der Waals surface area contributed by atoms with Crippen molar-refractivity contribution >= 4 is 27.6 Å². The molecule has 0 amide bonds. The van der Waals surface area contributed by atoms with Gasteiger partial charge in [-0.05, 0) is 0 Å². The van der Waals surface area contributed by atoms with Crippen LogP contribution in [0, 0.1) is 0 Å². The Morgan fingerprint density at radius 2 is 2.17 bits per heavy atom. The summed E-state index contributed by atoms with van der Waals surface area (Å²) < 4.78 is 0. The van der Waals surface area contributed by atoms with Crippen LogP contribution >= 0.6 is 11.3 Å². The van der Waals surface area contributed by atoms with Gasteiger partial charge in [0.2, 0.25) is 0 Å². The minimum absolute atomic E-state index is 0.0419. The largest absolute Gasteiger partial charge is 0.292 e. The second-order valence-electron chi connectivity index (χ2n) is 2.26. The SMILES string of the molecule is CC(=O)c1nc2nccnc2s1. The summed E-state index contributed by atoms with van der Waals surface area (Å²) in [5.41, 5.74) is 0.549. The zero-order valence-electron chi connectivity index (χ0n) is 6.31. The number of fused-ring (bicyclic) bond motifs is 1. The quantitative estimate of drug-likeness (QED) is 0.619. The zero-order chi connectivity index (χ0) is 8.55. The monoisotopic (exact) mass is 179 g/mol. The van der Waals surface area contributed by atoms with E-state index in [2.05, 4.69) is 15.0 Å². The van der Waals surface area contributed by atoms with E-state index < -0.39 is 0 Å². The van der Waals surface area contributed by atoms with E-state index in [1.165, 1.54) is 18.3 Å². The first-order chi connectivity index (χ1) is 5.77. The topological polar surface area (TPSA) is 55.7 Å². The number of ketones is 1. The second kappa shape index (κ2) is 2.60. The summed E-state index contributed by atoms with van der Waals surface area (Å²) in [6, 6.07) is 0. The molecule has 0 saturated carbocycles. The summed E-state index contributed by atoms with van der Waals surface area (Å²) in [5.74, 6) is -0.0419. The Morgan fingerprint density at radius 1 is 1.42 bits per heavy atom. The van der Waals surface area contributed by atoms with Gasteiger partial charge in [0.05, 0.1) is 0 Å². The number of carbonyl (C=O) groups excluding carboxylic acids is 1. The molecule has 0 aliphatic heterocycles. The average Bonchev–Trinajstić information content (AvgIpc) is 2.46. The first kappa shape index (κ1) is 7.30. The Hall–Kier alpha value is -1.36. The van der Waals surface area contributed by atoms with Crippen molar-refractivity contribution in [3.8, 4) is 0 Å². The third-order valence-electron chi connectivity index (χ3n) is 1.35. The van der Waals surface area contributed by atoms with E-state index in [1.54, 1.807) is 12.4 Å². The lowest BCUT2D eigenvalue weighted by Gasteiger charge is -1.79. The smallest absolute Gasteiger partial charge is 0.190 e. The summed E-state index contributed by atoms with van der Waals surface area (Å²) in [7, 11) is 0. The molecule has 0 aliphatic carbocycles. The fraction of sp³-hybridized carbons (Fsp3) is 0.143. The summed E-state index contributed by atoms with van der Waals surface area (Å²) in [6.45, 7) is 1.48. The van der Waals surface area contributed by atoms with Gasteiger partial charge in [-0.2, -0.15) is 0 Å². The Morgan fingerprint density at radius 3 is 2.83 bits per heavy atom. The van der Waals surface area contributed by atoms with Crippen molar-refractivity contribution in [1.29, 1.82) is 0 Å². The molecule has 0 spiro atoms. The van der Waals surface area contributed by atoms with Crippen LogP contribution in [0.15, 0.2) is 12.4 Å². The van der Waals surface area contributed by atoms with Gasteiger partial charge in [-0.25, -0.2) is 15.0 Å². The predicted molar refractivity (Wildman–Crippen MR) is 45.2 cm³/mol. The molecule has 0 fully saturated rings. The van der Waals surface area contributed by atoms with Gasteiger partial charge in [-0.15, -0.1) is 0 Å². The highest BCUT2D eigenvalue weighted by molar-refractivity contribution is 7.19. The van der Waals surface area contributed by atoms with Gasteiger partial charge in [-0.1, -0.05) is 11.3 Å². The van der Waals surface area contributed by atoms with Crippen LogP contribution in [0.25, 0.3) is 10.5 Å². The van der Waals surface area contributed by atoms with Crippen LogP contribution in [0.5, 0.6) is 0 Å². The van der Waals surface area contributed by atoms with Crippen molar-refractivity contribution < 1.29 is 4.79 Å². The van der Waals surface area contributed by atoms with E-state index in [0.717, 1.165) is 0 Å². The van der Waals surface area contributed by atoms with Gasteiger partial charge in [-0.3, -0.25) is 4.79 Å². The van der Waals surface area contributed by atoms with Crippen molar-refractivity contribution in [2.75, 3.05) is 0 Å². The molecule has 0 atom stereocenters. The van der Waals surface area contributed by atoms with Crippen LogP contribution < -0.4 is 0 Å². The Balaban J connectivity index is 2.70. The molecule has 5 heteroatoms. The molecule has 0 bridgehead atoms. The van der Waals surface area contributed by atoms with Crippen LogP contribution in [0.2, 0.25) is 0 Å². The molecule has 2 aromatic rings. The highest BCUT2D eigenvalue weighted by atomic mass is 32.1. The zero-order valence-corrected chi connectivity index (χ0v) is 7.13. The van der Waals surface area contributed by atoms with Crippen molar-refractivity contribution in [3.05, 3.63) is 17.4 Å². The summed E-state index contributed by atoms with van der Waals surface area (Å²) in [4.78, 5) is 23.6. The third-order valence-corrected chi connectivity index (χ3v) is 2.40. The first-order valence-corrected chi connectivity index (χ1v) is 4.17. The Labute approximate surface area is 72.3 Å². The maximum Gasteiger partial charge on any atom is 0.190 e. The lowest BCUT2D eigenvalue weighted by Crippen LogP contribution is -1.88. The summed E-state index contributed by atoms with van der Waals surface area (Å²) in [5, 5.41) is 0.469. The number of aromatic nitrogens is 3. The molecular formula is C7H5N3OS. The predicted octanol–water partition coefficient (Wildman–Crippen LogP) is 1.29. The highest BCUT2D eigenvalue weighted by Gasteiger charge is 2.07. The van der Waals surface area contributed by atoms with Gasteiger partial charge >= 0.3 is 0 Å². The van der Waals surface area contributed by atoms with Gasteiger partial charge in [0.1, 0.15) is 0 Å². The number of nitrogens with zero attached hydrogens (tertiary/aromatic N) is 3. The highest BCUT2D eigenvalue weighted by Crippen LogP contribution is 2.17. The van der Waals surface area contributed by atoms with E-state index in [4.69, 9.17) is 0 Å². The molecule has 4 nitrogen and oxygen atoms in total. The van der Waals surface area contributed by atoms with Gasteiger partial charge in [0.15, 0.2) is 21.3 Å². The number of rotatable bonds is 1. The van der Waals surface area contributed by atoms with Gasteiger partial charge < -0.3 is 0 Å². The molecule has 2 rings (SSSR count). The maximum absolute atomic E-state index is 10.9. The van der Waals surface area contributed by atoms with E-state index in [9.17, 15) is 4.79 Å². The second-order valence-corrected chi connectivity index (χ2v) is 3.24. The maximum atomic E-state index is 10.9. The average molecular weight is 179 g/mol. The Kier molecular flexibility index (Phi) is 1.58. The lowest BCUT2D eigenvalue weighted by molar-refractivity contribution is 0.101. The lowest BCUT2D eigenvalue weighted by atomic mass is 10.5. The minimum Gasteiger partial charge on any atom is -0.292 e. The molecule has 0 aromatic carbocycles. The van der Waals surface area contributed by atoms with Crippen LogP contribution in [0.1, 0.15) is 16.7 Å². The van der Waals surface area contributed by atoms with E-state index in [0.29, 0.717) is 15.5 Å². The van der Waals surface area contributed by atoms with Gasteiger partial charge in [0, 0.05) is 19.3 Å². The number of thiazole rings is 1. The number of hydrogen-bond acceptors (Lipinski definition) is 5. The molecule has 60 valence electrons. The molecule has 2 aromatic heterocycles.